The predicted octanol–water partition coefficient (Wildman–Crippen LogP) is 6.38. The van der Waals surface area contributed by atoms with Gasteiger partial charge in [-0.2, -0.15) is 0 Å². The lowest BCUT2D eigenvalue weighted by atomic mass is 9.92. The Balaban J connectivity index is 1.78. The number of hydrogen-bond donors (Lipinski definition) is 1. The molecule has 4 aromatic rings. The Morgan fingerprint density at radius 2 is 1.59 bits per heavy atom. The number of halogens is 2. The Morgan fingerprint density at radius 1 is 0.912 bits per heavy atom. The van der Waals surface area contributed by atoms with Crippen molar-refractivity contribution in [2.24, 2.45) is 0 Å². The average Bonchev–Trinajstić information content (AvgIpc) is 3.25. The fourth-order valence-corrected chi connectivity index (χ4v) is 5.52. The van der Waals surface area contributed by atoms with E-state index in [1.165, 1.54) is 10.7 Å². The highest BCUT2D eigenvalue weighted by molar-refractivity contribution is 7.88. The van der Waals surface area contributed by atoms with E-state index in [9.17, 15) is 8.42 Å². The molecule has 0 spiro atoms. The zero-order valence-electron chi connectivity index (χ0n) is 18.5. The van der Waals surface area contributed by atoms with Crippen LogP contribution < -0.4 is 5.43 Å². The summed E-state index contributed by atoms with van der Waals surface area (Å²) < 4.78 is 26.7. The fraction of sp³-hybridized carbons (Fsp3) is 0.115. The minimum atomic E-state index is -3.59. The summed E-state index contributed by atoms with van der Waals surface area (Å²) in [5.41, 5.74) is 8.95. The van der Waals surface area contributed by atoms with Crippen molar-refractivity contribution >= 4 is 49.8 Å². The molecule has 1 aliphatic heterocycles. The SMILES string of the molecule is Cc1nc2ccc(Cl)cc2c(-c2ccccc2)c1C1=C[C@@H](c2ccc(Cl)cc2)N(S(C)(=O)=O)N1. The number of aromatic nitrogens is 1. The first-order valence-corrected chi connectivity index (χ1v) is 13.2. The number of pyridine rings is 1. The molecule has 5 nitrogen and oxygen atoms in total. The van der Waals surface area contributed by atoms with Crippen LogP contribution in [0.15, 0.2) is 78.9 Å². The minimum absolute atomic E-state index is 0.541. The molecular weight excluding hydrogens is 489 g/mol. The molecule has 0 unspecified atom stereocenters. The highest BCUT2D eigenvalue weighted by Gasteiger charge is 2.35. The summed E-state index contributed by atoms with van der Waals surface area (Å²) in [6, 6.07) is 22.2. The van der Waals surface area contributed by atoms with Crippen LogP contribution in [0.4, 0.5) is 0 Å². The van der Waals surface area contributed by atoms with Gasteiger partial charge in [-0.25, -0.2) is 8.42 Å². The quantitative estimate of drug-likeness (QED) is 0.346. The molecule has 0 radical (unpaired) electrons. The van der Waals surface area contributed by atoms with Crippen LogP contribution in [0, 0.1) is 6.92 Å². The van der Waals surface area contributed by atoms with Gasteiger partial charge in [0.05, 0.1) is 23.5 Å². The van der Waals surface area contributed by atoms with Gasteiger partial charge in [-0.3, -0.25) is 4.98 Å². The molecule has 0 saturated carbocycles. The van der Waals surface area contributed by atoms with E-state index in [-0.39, 0.29) is 0 Å². The number of rotatable bonds is 4. The van der Waals surface area contributed by atoms with E-state index in [4.69, 9.17) is 28.2 Å². The molecule has 3 aromatic carbocycles. The molecule has 0 saturated heterocycles. The Morgan fingerprint density at radius 3 is 2.26 bits per heavy atom. The predicted molar refractivity (Wildman–Crippen MR) is 139 cm³/mol. The first kappa shape index (κ1) is 22.9. The van der Waals surface area contributed by atoms with E-state index < -0.39 is 16.1 Å². The summed E-state index contributed by atoms with van der Waals surface area (Å²) in [5.74, 6) is 0. The van der Waals surface area contributed by atoms with E-state index in [0.29, 0.717) is 15.7 Å². The van der Waals surface area contributed by atoms with E-state index in [1.54, 1.807) is 12.1 Å². The molecule has 1 aliphatic rings. The van der Waals surface area contributed by atoms with Gasteiger partial charge in [0.25, 0.3) is 0 Å². The van der Waals surface area contributed by atoms with Gasteiger partial charge in [0, 0.05) is 32.3 Å². The molecule has 0 bridgehead atoms. The van der Waals surface area contributed by atoms with Gasteiger partial charge in [-0.15, -0.1) is 4.41 Å². The lowest BCUT2D eigenvalue weighted by Crippen LogP contribution is -2.38. The van der Waals surface area contributed by atoms with Crippen molar-refractivity contribution < 1.29 is 8.42 Å². The van der Waals surface area contributed by atoms with E-state index in [0.717, 1.165) is 38.9 Å². The van der Waals surface area contributed by atoms with E-state index >= 15 is 0 Å². The number of hydrogen-bond acceptors (Lipinski definition) is 4. The van der Waals surface area contributed by atoms with Gasteiger partial charge in [0.2, 0.25) is 10.0 Å². The van der Waals surface area contributed by atoms with Crippen LogP contribution in [0.2, 0.25) is 10.0 Å². The van der Waals surface area contributed by atoms with E-state index in [1.807, 2.05) is 73.7 Å². The van der Waals surface area contributed by atoms with Crippen LogP contribution in [-0.4, -0.2) is 24.1 Å². The molecular formula is C26H21Cl2N3O2S. The first-order chi connectivity index (χ1) is 16.2. The second kappa shape index (κ2) is 8.71. The summed E-state index contributed by atoms with van der Waals surface area (Å²) >= 11 is 12.4. The highest BCUT2D eigenvalue weighted by Crippen LogP contribution is 2.41. The molecule has 0 fully saturated rings. The summed E-state index contributed by atoms with van der Waals surface area (Å²) in [6.07, 6.45) is 3.10. The molecule has 1 aromatic heterocycles. The molecule has 172 valence electrons. The molecule has 0 aliphatic carbocycles. The Labute approximate surface area is 208 Å². The zero-order valence-corrected chi connectivity index (χ0v) is 20.8. The maximum absolute atomic E-state index is 12.7. The standard InChI is InChI=1S/C26H21Cl2N3O2S/c1-16-25(23-15-24(31(30-23)34(2,32)33)17-8-10-19(27)11-9-17)26(18-6-4-3-5-7-18)21-14-20(28)12-13-22(21)29-16/h3-15,24,30H,1-2H3/t24-/m0/s1. The van der Waals surface area contributed by atoms with Crippen LogP contribution in [0.25, 0.3) is 27.7 Å². The number of aryl methyl sites for hydroxylation is 1. The number of hydrazine groups is 1. The summed E-state index contributed by atoms with van der Waals surface area (Å²) in [4.78, 5) is 4.82. The molecule has 1 N–H and O–H groups in total. The lowest BCUT2D eigenvalue weighted by Gasteiger charge is -2.23. The normalized spacial score (nSPS) is 16.5. The Kier molecular flexibility index (Phi) is 5.86. The second-order valence-electron chi connectivity index (χ2n) is 8.22. The zero-order chi connectivity index (χ0) is 24.0. The summed E-state index contributed by atoms with van der Waals surface area (Å²) in [7, 11) is -3.59. The van der Waals surface area contributed by atoms with Gasteiger partial charge in [0.1, 0.15) is 0 Å². The minimum Gasteiger partial charge on any atom is -0.304 e. The fourth-order valence-electron chi connectivity index (χ4n) is 4.36. The topological polar surface area (TPSA) is 62.3 Å². The van der Waals surface area contributed by atoms with Gasteiger partial charge in [-0.05, 0) is 54.5 Å². The van der Waals surface area contributed by atoms with Gasteiger partial charge in [-0.1, -0.05) is 65.7 Å². The Bertz CT molecular complexity index is 1540. The monoisotopic (exact) mass is 509 g/mol. The van der Waals surface area contributed by atoms with Crippen molar-refractivity contribution in [2.75, 3.05) is 6.26 Å². The third kappa shape index (κ3) is 4.18. The summed E-state index contributed by atoms with van der Waals surface area (Å²) in [5, 5.41) is 2.08. The van der Waals surface area contributed by atoms with E-state index in [2.05, 4.69) is 5.43 Å². The summed E-state index contributed by atoms with van der Waals surface area (Å²) in [6.45, 7) is 1.93. The number of nitrogens with zero attached hydrogens (tertiary/aromatic N) is 2. The van der Waals surface area contributed by atoms with Crippen molar-refractivity contribution in [2.45, 2.75) is 13.0 Å². The molecule has 34 heavy (non-hydrogen) atoms. The van der Waals surface area contributed by atoms with Crippen molar-refractivity contribution in [3.05, 3.63) is 106 Å². The molecule has 8 heteroatoms. The van der Waals surface area contributed by atoms with Gasteiger partial charge < -0.3 is 5.43 Å². The largest absolute Gasteiger partial charge is 0.304 e. The highest BCUT2D eigenvalue weighted by atomic mass is 35.5. The van der Waals surface area contributed by atoms with Crippen LogP contribution >= 0.6 is 23.2 Å². The first-order valence-electron chi connectivity index (χ1n) is 10.6. The third-order valence-corrected chi connectivity index (χ3v) is 7.36. The maximum Gasteiger partial charge on any atom is 0.228 e. The van der Waals surface area contributed by atoms with Crippen molar-refractivity contribution in [3.63, 3.8) is 0 Å². The third-order valence-electron chi connectivity index (χ3n) is 5.84. The van der Waals surface area contributed by atoms with Crippen molar-refractivity contribution in [1.29, 1.82) is 0 Å². The van der Waals surface area contributed by atoms with Gasteiger partial charge in [0.15, 0.2) is 0 Å². The smallest absolute Gasteiger partial charge is 0.228 e. The molecule has 5 rings (SSSR count). The maximum atomic E-state index is 12.7. The Hall–Kier alpha value is -2.90. The number of nitrogens with one attached hydrogen (secondary N) is 1. The van der Waals surface area contributed by atoms with Crippen LogP contribution in [0.1, 0.15) is 22.9 Å². The van der Waals surface area contributed by atoms with Crippen molar-refractivity contribution in [3.8, 4) is 11.1 Å². The lowest BCUT2D eigenvalue weighted by molar-refractivity contribution is 0.351. The number of fused-ring (bicyclic) bond motifs is 1. The van der Waals surface area contributed by atoms with Crippen molar-refractivity contribution in [1.82, 2.24) is 14.8 Å². The average molecular weight is 510 g/mol. The number of benzene rings is 3. The van der Waals surface area contributed by atoms with Crippen LogP contribution in [0.5, 0.6) is 0 Å². The van der Waals surface area contributed by atoms with Crippen LogP contribution in [-0.2, 0) is 10.0 Å². The second-order valence-corrected chi connectivity index (χ2v) is 11.0. The van der Waals surface area contributed by atoms with Gasteiger partial charge >= 0.3 is 0 Å². The number of sulfonamides is 1. The molecule has 1 atom stereocenters. The van der Waals surface area contributed by atoms with Crippen LogP contribution in [0.3, 0.4) is 0 Å². The molecule has 2 heterocycles. The molecule has 0 amide bonds.